The summed E-state index contributed by atoms with van der Waals surface area (Å²) in [5.41, 5.74) is 0.929. The highest BCUT2D eigenvalue weighted by Gasteiger charge is 2.14. The molecule has 24 heavy (non-hydrogen) atoms. The monoisotopic (exact) mass is 355 g/mol. The predicted octanol–water partition coefficient (Wildman–Crippen LogP) is 4.57. The number of allylic oxidation sites excluding steroid dienone is 1. The van der Waals surface area contributed by atoms with Crippen LogP contribution in [0.2, 0.25) is 0 Å². The highest BCUT2D eigenvalue weighted by molar-refractivity contribution is 8.05. The molecule has 0 aliphatic carbocycles. The van der Waals surface area contributed by atoms with E-state index < -0.39 is 16.4 Å². The van der Waals surface area contributed by atoms with Crippen molar-refractivity contribution in [3.63, 3.8) is 0 Å². The Morgan fingerprint density at radius 3 is 2.88 bits per heavy atom. The molecule has 0 radical (unpaired) electrons. The van der Waals surface area contributed by atoms with Gasteiger partial charge < -0.3 is 5.11 Å². The van der Waals surface area contributed by atoms with Crippen molar-refractivity contribution in [2.24, 2.45) is 0 Å². The summed E-state index contributed by atoms with van der Waals surface area (Å²) in [6, 6.07) is 13.7. The summed E-state index contributed by atoms with van der Waals surface area (Å²) in [6.07, 6.45) is 1.53. The van der Waals surface area contributed by atoms with E-state index in [0.29, 0.717) is 10.5 Å². The lowest BCUT2D eigenvalue weighted by molar-refractivity contribution is -0.385. The molecule has 0 aliphatic heterocycles. The Kier molecular flexibility index (Phi) is 4.46. The summed E-state index contributed by atoms with van der Waals surface area (Å²) >= 11 is 2.68. The molecule has 1 heterocycles. The van der Waals surface area contributed by atoms with Gasteiger partial charge in [0.2, 0.25) is 0 Å². The van der Waals surface area contributed by atoms with E-state index in [9.17, 15) is 20.5 Å². The van der Waals surface area contributed by atoms with Crippen LogP contribution >= 0.6 is 23.1 Å². The van der Waals surface area contributed by atoms with Crippen LogP contribution in [-0.4, -0.2) is 15.0 Å². The average molecular weight is 355 g/mol. The average Bonchev–Trinajstić information content (AvgIpc) is 2.97. The number of para-hydroxylation sites is 1. The number of aromatic hydroxyl groups is 1. The van der Waals surface area contributed by atoms with E-state index >= 15 is 0 Å². The van der Waals surface area contributed by atoms with Crippen molar-refractivity contribution in [1.29, 1.82) is 5.26 Å². The van der Waals surface area contributed by atoms with E-state index in [1.54, 1.807) is 0 Å². The Labute approximate surface area is 144 Å². The summed E-state index contributed by atoms with van der Waals surface area (Å²) in [6.45, 7) is 0. The fourth-order valence-electron chi connectivity index (χ4n) is 2.00. The number of phenols is 1. The lowest BCUT2D eigenvalue weighted by Crippen LogP contribution is -1.89. The predicted molar refractivity (Wildman–Crippen MR) is 93.8 cm³/mol. The molecule has 1 N–H and O–H groups in total. The fraction of sp³-hybridized carbons (Fsp3) is 0. The second-order valence-corrected chi connectivity index (χ2v) is 6.99. The second kappa shape index (κ2) is 6.70. The number of fused-ring (bicyclic) bond motifs is 1. The topological polar surface area (TPSA) is 100 Å². The van der Waals surface area contributed by atoms with Crippen molar-refractivity contribution in [3.05, 3.63) is 63.0 Å². The highest BCUT2D eigenvalue weighted by atomic mass is 32.2. The Morgan fingerprint density at radius 2 is 2.17 bits per heavy atom. The lowest BCUT2D eigenvalue weighted by Gasteiger charge is -1.99. The van der Waals surface area contributed by atoms with Crippen LogP contribution in [0.4, 0.5) is 5.69 Å². The maximum Gasteiger partial charge on any atom is 0.311 e. The Balaban J connectivity index is 1.91. The van der Waals surface area contributed by atoms with Crippen LogP contribution in [0, 0.1) is 21.4 Å². The normalized spacial score (nSPS) is 11.4. The summed E-state index contributed by atoms with van der Waals surface area (Å²) in [4.78, 5) is 15.0. The molecule has 0 aliphatic rings. The minimum atomic E-state index is -0.667. The third-order valence-corrected chi connectivity index (χ3v) is 5.10. The molecular weight excluding hydrogens is 346 g/mol. The quantitative estimate of drug-likeness (QED) is 0.318. The smallest absolute Gasteiger partial charge is 0.311 e. The molecule has 0 saturated heterocycles. The van der Waals surface area contributed by atoms with Gasteiger partial charge in [-0.25, -0.2) is 4.98 Å². The van der Waals surface area contributed by atoms with Crippen molar-refractivity contribution in [2.45, 2.75) is 4.34 Å². The number of rotatable bonds is 4. The van der Waals surface area contributed by atoms with Crippen LogP contribution < -0.4 is 0 Å². The maximum atomic E-state index is 10.9. The molecule has 6 nitrogen and oxygen atoms in total. The van der Waals surface area contributed by atoms with Crippen LogP contribution in [0.1, 0.15) is 5.56 Å². The van der Waals surface area contributed by atoms with Gasteiger partial charge >= 0.3 is 5.69 Å². The molecule has 0 spiro atoms. The van der Waals surface area contributed by atoms with Crippen molar-refractivity contribution in [2.75, 3.05) is 0 Å². The molecule has 0 fully saturated rings. The van der Waals surface area contributed by atoms with E-state index in [4.69, 9.17) is 0 Å². The molecule has 0 unspecified atom stereocenters. The third kappa shape index (κ3) is 3.37. The van der Waals surface area contributed by atoms with Crippen molar-refractivity contribution in [1.82, 2.24) is 4.98 Å². The number of nitro benzene ring substituents is 1. The third-order valence-electron chi connectivity index (χ3n) is 3.08. The van der Waals surface area contributed by atoms with Gasteiger partial charge in [0.1, 0.15) is 6.07 Å². The lowest BCUT2D eigenvalue weighted by atomic mass is 10.2. The van der Waals surface area contributed by atoms with E-state index in [2.05, 4.69) is 11.1 Å². The summed E-state index contributed by atoms with van der Waals surface area (Å²) in [7, 11) is 0. The molecule has 3 aromatic rings. The largest absolute Gasteiger partial charge is 0.502 e. The molecule has 0 amide bonds. The number of nitro groups is 1. The molecule has 1 aromatic heterocycles. The Bertz CT molecular complexity index is 972. The van der Waals surface area contributed by atoms with Gasteiger partial charge in [0.05, 0.1) is 20.0 Å². The van der Waals surface area contributed by atoms with Gasteiger partial charge in [-0.2, -0.15) is 5.26 Å². The number of nitrogens with zero attached hydrogens (tertiary/aromatic N) is 3. The number of benzene rings is 2. The zero-order valence-corrected chi connectivity index (χ0v) is 13.7. The van der Waals surface area contributed by atoms with Gasteiger partial charge in [0, 0.05) is 6.07 Å². The van der Waals surface area contributed by atoms with Crippen LogP contribution in [0.15, 0.2) is 51.7 Å². The van der Waals surface area contributed by atoms with Crippen LogP contribution in [0.25, 0.3) is 16.3 Å². The van der Waals surface area contributed by atoms with Gasteiger partial charge in [0.25, 0.3) is 0 Å². The number of thiazole rings is 1. The van der Waals surface area contributed by atoms with Crippen molar-refractivity contribution >= 4 is 45.1 Å². The number of hydrogen-bond donors (Lipinski definition) is 1. The fourth-order valence-corrected chi connectivity index (χ4v) is 3.98. The van der Waals surface area contributed by atoms with E-state index in [1.165, 1.54) is 47.4 Å². The summed E-state index contributed by atoms with van der Waals surface area (Å²) in [5, 5.41) is 29.6. The molecule has 0 atom stereocenters. The number of nitriles is 1. The summed E-state index contributed by atoms with van der Waals surface area (Å²) in [5.74, 6) is -0.408. The van der Waals surface area contributed by atoms with Gasteiger partial charge in [0.15, 0.2) is 10.1 Å². The summed E-state index contributed by atoms with van der Waals surface area (Å²) < 4.78 is 1.75. The van der Waals surface area contributed by atoms with Crippen molar-refractivity contribution < 1.29 is 10.0 Å². The van der Waals surface area contributed by atoms with Crippen LogP contribution in [-0.2, 0) is 0 Å². The Hall–Kier alpha value is -2.89. The molecule has 2 aromatic carbocycles. The van der Waals surface area contributed by atoms with E-state index in [-0.39, 0.29) is 0 Å². The van der Waals surface area contributed by atoms with Crippen molar-refractivity contribution in [3.8, 4) is 11.8 Å². The van der Waals surface area contributed by atoms with Gasteiger partial charge in [-0.3, -0.25) is 10.1 Å². The van der Waals surface area contributed by atoms with Gasteiger partial charge in [-0.1, -0.05) is 18.2 Å². The van der Waals surface area contributed by atoms with E-state index in [0.717, 1.165) is 14.6 Å². The first-order valence-electron chi connectivity index (χ1n) is 6.69. The SMILES string of the molecule is N#C/C(=C\c1ccc(O)c([N+](=O)[O-])c1)Sc1nc2ccccc2s1. The van der Waals surface area contributed by atoms with Gasteiger partial charge in [-0.15, -0.1) is 11.3 Å². The van der Waals surface area contributed by atoms with Crippen LogP contribution in [0.5, 0.6) is 5.75 Å². The molecule has 3 rings (SSSR count). The molecular formula is C16H9N3O3S2. The first-order valence-corrected chi connectivity index (χ1v) is 8.33. The zero-order chi connectivity index (χ0) is 17.1. The standard InChI is InChI=1S/C16H9N3O3S2/c17-9-11(7-10-5-6-14(20)13(8-10)19(21)22)23-16-18-12-3-1-2-4-15(12)24-16/h1-8,20H/b11-7+. The minimum absolute atomic E-state index is 0.356. The van der Waals surface area contributed by atoms with Gasteiger partial charge in [-0.05, 0) is 41.6 Å². The Morgan fingerprint density at radius 1 is 1.38 bits per heavy atom. The molecule has 118 valence electrons. The number of aromatic nitrogens is 1. The minimum Gasteiger partial charge on any atom is -0.502 e. The maximum absolute atomic E-state index is 10.9. The number of hydrogen-bond acceptors (Lipinski definition) is 7. The number of phenolic OH excluding ortho intramolecular Hbond substituents is 1. The van der Waals surface area contributed by atoms with Crippen LogP contribution in [0.3, 0.4) is 0 Å². The first kappa shape index (κ1) is 16.0. The second-order valence-electron chi connectivity index (χ2n) is 4.68. The van der Waals surface area contributed by atoms with E-state index in [1.807, 2.05) is 24.3 Å². The first-order chi connectivity index (χ1) is 11.6. The molecule has 0 saturated carbocycles. The molecule has 0 bridgehead atoms. The number of thioether (sulfide) groups is 1. The zero-order valence-electron chi connectivity index (χ0n) is 12.0. The molecule has 8 heteroatoms. The highest BCUT2D eigenvalue weighted by Crippen LogP contribution is 2.35.